The number of nitrogens with one attached hydrogen (secondary N) is 3. The van der Waals surface area contributed by atoms with E-state index < -0.39 is 17.6 Å². The van der Waals surface area contributed by atoms with Gasteiger partial charge in [0.2, 0.25) is 5.91 Å². The number of aliphatic hydroxyl groups excluding tert-OH is 1. The molecule has 3 atom stereocenters. The van der Waals surface area contributed by atoms with E-state index in [4.69, 9.17) is 11.1 Å². The van der Waals surface area contributed by atoms with Crippen molar-refractivity contribution >= 4 is 17.8 Å². The van der Waals surface area contributed by atoms with Crippen LogP contribution in [0.5, 0.6) is 0 Å². The predicted octanol–water partition coefficient (Wildman–Crippen LogP) is 5.12. The molecule has 35 heavy (non-hydrogen) atoms. The maximum atomic E-state index is 12.6. The van der Waals surface area contributed by atoms with Gasteiger partial charge >= 0.3 is 0 Å². The number of aliphatic hydroxyl groups is 1. The molecular weight excluding hydrogens is 436 g/mol. The van der Waals surface area contributed by atoms with Crippen LogP contribution >= 0.6 is 0 Å². The lowest BCUT2D eigenvalue weighted by Gasteiger charge is -2.29. The van der Waals surface area contributed by atoms with Crippen LogP contribution in [-0.4, -0.2) is 42.5 Å². The van der Waals surface area contributed by atoms with E-state index in [9.17, 15) is 9.90 Å². The third-order valence-corrected chi connectivity index (χ3v) is 7.59. The van der Waals surface area contributed by atoms with Crippen LogP contribution < -0.4 is 16.4 Å². The molecule has 0 aliphatic heterocycles. The second kappa shape index (κ2) is 14.0. The molecule has 1 saturated carbocycles. The molecule has 0 bridgehead atoms. The van der Waals surface area contributed by atoms with Gasteiger partial charge in [-0.05, 0) is 55.1 Å². The van der Waals surface area contributed by atoms with Crippen molar-refractivity contribution in [2.24, 2.45) is 28.9 Å². The molecule has 198 valence electrons. The van der Waals surface area contributed by atoms with Gasteiger partial charge in [0.05, 0.1) is 6.10 Å². The molecular formula is C29H50N4O2. The molecule has 6 nitrogen and oxygen atoms in total. The van der Waals surface area contributed by atoms with E-state index in [-0.39, 0.29) is 12.5 Å². The monoisotopic (exact) mass is 486 g/mol. The highest BCUT2D eigenvalue weighted by Crippen LogP contribution is 2.32. The van der Waals surface area contributed by atoms with Crippen molar-refractivity contribution in [3.8, 4) is 0 Å². The minimum atomic E-state index is -0.776. The number of hydrogen-bond donors (Lipinski definition) is 5. The van der Waals surface area contributed by atoms with Gasteiger partial charge in [0.1, 0.15) is 0 Å². The van der Waals surface area contributed by atoms with Crippen LogP contribution in [0.1, 0.15) is 90.7 Å². The summed E-state index contributed by atoms with van der Waals surface area (Å²) in [4.78, 5) is 12.6. The summed E-state index contributed by atoms with van der Waals surface area (Å²) in [5.41, 5.74) is 9.14. The van der Waals surface area contributed by atoms with Crippen molar-refractivity contribution in [2.75, 3.05) is 18.4 Å². The second-order valence-electron chi connectivity index (χ2n) is 11.6. The summed E-state index contributed by atoms with van der Waals surface area (Å²) >= 11 is 0. The number of rotatable bonds is 17. The molecule has 0 aromatic heterocycles. The quantitative estimate of drug-likeness (QED) is 0.197. The molecule has 1 aliphatic rings. The van der Waals surface area contributed by atoms with E-state index in [1.54, 1.807) is 0 Å². The lowest BCUT2D eigenvalue weighted by molar-refractivity contribution is -0.130. The van der Waals surface area contributed by atoms with Crippen LogP contribution in [0.15, 0.2) is 18.2 Å². The highest BCUT2D eigenvalue weighted by atomic mass is 16.3. The Labute approximate surface area is 213 Å². The lowest BCUT2D eigenvalue weighted by Crippen LogP contribution is -2.47. The van der Waals surface area contributed by atoms with Crippen LogP contribution in [0.3, 0.4) is 0 Å². The SMILES string of the molecule is CCCCC(C)(C)C(=O)NCC(O)C(N)CC(Cc1ccc(C=N)c(NCCC2CC2)c1)C(C)C. The molecule has 0 spiro atoms. The van der Waals surface area contributed by atoms with Crippen LogP contribution in [0, 0.1) is 28.6 Å². The first kappa shape index (κ1) is 29.3. The average Bonchev–Trinajstić information content (AvgIpc) is 3.65. The molecule has 1 aliphatic carbocycles. The summed E-state index contributed by atoms with van der Waals surface area (Å²) in [7, 11) is 0. The van der Waals surface area contributed by atoms with Gasteiger partial charge in [-0.2, -0.15) is 0 Å². The maximum Gasteiger partial charge on any atom is 0.225 e. The van der Waals surface area contributed by atoms with Gasteiger partial charge in [0.15, 0.2) is 0 Å². The van der Waals surface area contributed by atoms with Gasteiger partial charge in [0, 0.05) is 42.0 Å². The molecule has 6 heteroatoms. The largest absolute Gasteiger partial charge is 0.390 e. The zero-order chi connectivity index (χ0) is 26.0. The summed E-state index contributed by atoms with van der Waals surface area (Å²) in [6, 6.07) is 5.88. The van der Waals surface area contributed by atoms with Crippen molar-refractivity contribution in [1.29, 1.82) is 5.41 Å². The fourth-order valence-electron chi connectivity index (χ4n) is 4.55. The van der Waals surface area contributed by atoms with Gasteiger partial charge in [-0.15, -0.1) is 0 Å². The molecule has 0 radical (unpaired) electrons. The van der Waals surface area contributed by atoms with Crippen molar-refractivity contribution in [2.45, 2.75) is 98.1 Å². The molecule has 2 rings (SSSR count). The number of unbranched alkanes of at least 4 members (excludes halogenated alkanes) is 1. The van der Waals surface area contributed by atoms with Crippen molar-refractivity contribution in [3.05, 3.63) is 29.3 Å². The number of benzene rings is 1. The predicted molar refractivity (Wildman–Crippen MR) is 147 cm³/mol. The highest BCUT2D eigenvalue weighted by Gasteiger charge is 2.28. The molecule has 6 N–H and O–H groups in total. The number of carbonyl (C=O) groups is 1. The fraction of sp³-hybridized carbons (Fsp3) is 0.724. The van der Waals surface area contributed by atoms with E-state index >= 15 is 0 Å². The highest BCUT2D eigenvalue weighted by molar-refractivity contribution is 5.86. The number of hydrogen-bond acceptors (Lipinski definition) is 5. The Kier molecular flexibility index (Phi) is 11.7. The molecule has 1 fully saturated rings. The Bertz CT molecular complexity index is 804. The van der Waals surface area contributed by atoms with Crippen molar-refractivity contribution < 1.29 is 9.90 Å². The minimum Gasteiger partial charge on any atom is -0.390 e. The van der Waals surface area contributed by atoms with E-state index in [0.29, 0.717) is 18.3 Å². The van der Waals surface area contributed by atoms with E-state index in [2.05, 4.69) is 43.5 Å². The van der Waals surface area contributed by atoms with Crippen LogP contribution in [0.4, 0.5) is 5.69 Å². The molecule has 1 aromatic rings. The number of amides is 1. The molecule has 0 saturated heterocycles. The summed E-state index contributed by atoms with van der Waals surface area (Å²) < 4.78 is 0. The Balaban J connectivity index is 1.93. The average molecular weight is 487 g/mol. The summed E-state index contributed by atoms with van der Waals surface area (Å²) in [5, 5.41) is 24.9. The molecule has 0 heterocycles. The van der Waals surface area contributed by atoms with E-state index in [1.165, 1.54) is 31.0 Å². The molecule has 1 aromatic carbocycles. The van der Waals surface area contributed by atoms with Gasteiger partial charge in [-0.3, -0.25) is 4.79 Å². The minimum absolute atomic E-state index is 0.0226. The Hall–Kier alpha value is -1.92. The Morgan fingerprint density at radius 2 is 2.03 bits per heavy atom. The van der Waals surface area contributed by atoms with E-state index in [1.807, 2.05) is 19.9 Å². The van der Waals surface area contributed by atoms with Gasteiger partial charge < -0.3 is 26.9 Å². The number of carbonyl (C=O) groups excluding carboxylic acids is 1. The Morgan fingerprint density at radius 3 is 2.63 bits per heavy atom. The first-order chi connectivity index (χ1) is 16.6. The van der Waals surface area contributed by atoms with E-state index in [0.717, 1.165) is 49.4 Å². The standard InChI is InChI=1S/C29H50N4O2/c1-6-7-13-29(4,5)28(35)33-19-27(34)25(31)17-24(20(2)3)15-22-10-11-23(18-30)26(16-22)32-14-12-21-8-9-21/h10-11,16,18,20-21,24-25,27,30,32,34H,6-9,12-15,17,19,31H2,1-5H3,(H,33,35). The second-order valence-corrected chi connectivity index (χ2v) is 11.6. The van der Waals surface area contributed by atoms with Gasteiger partial charge in [-0.1, -0.05) is 72.4 Å². The van der Waals surface area contributed by atoms with Crippen molar-refractivity contribution in [3.63, 3.8) is 0 Å². The zero-order valence-electron chi connectivity index (χ0n) is 22.7. The lowest BCUT2D eigenvalue weighted by atomic mass is 9.83. The normalized spacial score (nSPS) is 16.6. The van der Waals surface area contributed by atoms with Crippen LogP contribution in [-0.2, 0) is 11.2 Å². The maximum absolute atomic E-state index is 12.6. The van der Waals surface area contributed by atoms with Crippen molar-refractivity contribution in [1.82, 2.24) is 5.32 Å². The van der Waals surface area contributed by atoms with Gasteiger partial charge in [-0.25, -0.2) is 0 Å². The van der Waals surface area contributed by atoms with Crippen LogP contribution in [0.25, 0.3) is 0 Å². The smallest absolute Gasteiger partial charge is 0.225 e. The topological polar surface area (TPSA) is 111 Å². The van der Waals surface area contributed by atoms with Gasteiger partial charge in [0.25, 0.3) is 0 Å². The first-order valence-electron chi connectivity index (χ1n) is 13.7. The summed E-state index contributed by atoms with van der Waals surface area (Å²) in [6.07, 6.45) is 8.98. The third kappa shape index (κ3) is 9.92. The zero-order valence-corrected chi connectivity index (χ0v) is 22.7. The third-order valence-electron chi connectivity index (χ3n) is 7.59. The Morgan fingerprint density at radius 1 is 1.31 bits per heavy atom. The molecule has 3 unspecified atom stereocenters. The first-order valence-corrected chi connectivity index (χ1v) is 13.7. The number of anilines is 1. The number of nitrogens with two attached hydrogens (primary N) is 1. The fourth-order valence-corrected chi connectivity index (χ4v) is 4.55. The summed E-state index contributed by atoms with van der Waals surface area (Å²) in [6.45, 7) is 11.6. The van der Waals surface area contributed by atoms with Crippen LogP contribution in [0.2, 0.25) is 0 Å². The molecule has 1 amide bonds. The summed E-state index contributed by atoms with van der Waals surface area (Å²) in [5.74, 6) is 1.57.